The maximum absolute atomic E-state index is 10.4. The van der Waals surface area contributed by atoms with Crippen molar-refractivity contribution in [3.05, 3.63) is 48.0 Å². The molecule has 0 bridgehead atoms. The van der Waals surface area contributed by atoms with Gasteiger partial charge >= 0.3 is 0 Å². The summed E-state index contributed by atoms with van der Waals surface area (Å²) in [6.45, 7) is 0.239. The largest absolute Gasteiger partial charge is 0.394 e. The fraction of sp³-hybridized carbons (Fsp3) is 0.522. The molecule has 3 aromatic rings. The fourth-order valence-electron chi connectivity index (χ4n) is 4.96. The van der Waals surface area contributed by atoms with Crippen molar-refractivity contribution < 1.29 is 20.1 Å². The van der Waals surface area contributed by atoms with Crippen molar-refractivity contribution in [3.8, 4) is 0 Å². The summed E-state index contributed by atoms with van der Waals surface area (Å²) in [5, 5.41) is 33.2. The second-order valence-electron chi connectivity index (χ2n) is 8.66. The third-order valence-electron chi connectivity index (χ3n) is 6.70. The Bertz CT molecular complexity index is 1070. The number of anilines is 1. The standard InChI is InChI=1S/C23H29N5O4/c29-11-17-19(30)20(31)23(32-17)28-13-27-18-21(25-12-26-22(18)28)24-10-15-8-4-5-9-16(15)14-6-2-1-3-7-14/h4-5,8-9,12-14,17,19-20,23,29-31H,1-3,6-7,10-11H2,(H,24,25,26)/t17-,19-,20-,23-/m1/s1. The van der Waals surface area contributed by atoms with Crippen LogP contribution in [0.5, 0.6) is 0 Å². The highest BCUT2D eigenvalue weighted by Crippen LogP contribution is 2.35. The van der Waals surface area contributed by atoms with E-state index in [4.69, 9.17) is 4.74 Å². The van der Waals surface area contributed by atoms with Crippen LogP contribution in [0.4, 0.5) is 5.82 Å². The summed E-state index contributed by atoms with van der Waals surface area (Å²) in [7, 11) is 0. The Balaban J connectivity index is 1.38. The SMILES string of the molecule is OC[C@H]1O[C@@H](n2cnc3c(NCc4ccccc4C4CCCCC4)ncnc32)[C@H](O)[C@@H]1O. The van der Waals surface area contributed by atoms with Gasteiger partial charge in [0.2, 0.25) is 0 Å². The van der Waals surface area contributed by atoms with Crippen molar-refractivity contribution in [2.24, 2.45) is 0 Å². The molecule has 4 N–H and O–H groups in total. The number of aromatic nitrogens is 4. The molecule has 2 aliphatic rings. The molecular formula is C23H29N5O4. The molecule has 9 nitrogen and oxygen atoms in total. The maximum atomic E-state index is 10.4. The number of aliphatic hydroxyl groups excluding tert-OH is 3. The number of aliphatic hydroxyl groups is 3. The van der Waals surface area contributed by atoms with Gasteiger partial charge in [0.15, 0.2) is 23.2 Å². The molecule has 2 aromatic heterocycles. The van der Waals surface area contributed by atoms with E-state index in [9.17, 15) is 15.3 Å². The van der Waals surface area contributed by atoms with Crippen LogP contribution >= 0.6 is 0 Å². The van der Waals surface area contributed by atoms with Crippen molar-refractivity contribution >= 4 is 17.0 Å². The molecule has 1 aliphatic carbocycles. The smallest absolute Gasteiger partial charge is 0.167 e. The predicted octanol–water partition coefficient (Wildman–Crippen LogP) is 2.10. The van der Waals surface area contributed by atoms with Crippen molar-refractivity contribution in [3.63, 3.8) is 0 Å². The van der Waals surface area contributed by atoms with Gasteiger partial charge in [-0.3, -0.25) is 4.57 Å². The van der Waals surface area contributed by atoms with Crippen molar-refractivity contribution in [2.75, 3.05) is 11.9 Å². The molecule has 32 heavy (non-hydrogen) atoms. The van der Waals surface area contributed by atoms with E-state index in [0.29, 0.717) is 29.4 Å². The van der Waals surface area contributed by atoms with Crippen molar-refractivity contribution in [1.29, 1.82) is 0 Å². The molecule has 1 saturated carbocycles. The molecule has 9 heteroatoms. The normalized spacial score (nSPS) is 26.6. The lowest BCUT2D eigenvalue weighted by molar-refractivity contribution is -0.0511. The molecule has 2 fully saturated rings. The van der Waals surface area contributed by atoms with E-state index >= 15 is 0 Å². The quantitative estimate of drug-likeness (QED) is 0.460. The Hall–Kier alpha value is -2.59. The topological polar surface area (TPSA) is 126 Å². The predicted molar refractivity (Wildman–Crippen MR) is 118 cm³/mol. The van der Waals surface area contributed by atoms with Gasteiger partial charge in [-0.15, -0.1) is 0 Å². The summed E-state index contributed by atoms with van der Waals surface area (Å²) >= 11 is 0. The number of hydrogen-bond donors (Lipinski definition) is 4. The van der Waals surface area contributed by atoms with Crippen LogP contribution in [0.1, 0.15) is 55.4 Å². The van der Waals surface area contributed by atoms with Gasteiger partial charge in [0, 0.05) is 6.54 Å². The fourth-order valence-corrected chi connectivity index (χ4v) is 4.96. The molecule has 1 aromatic carbocycles. The third kappa shape index (κ3) is 3.86. The highest BCUT2D eigenvalue weighted by Gasteiger charge is 2.44. The van der Waals surface area contributed by atoms with E-state index in [1.807, 2.05) is 0 Å². The Kier molecular flexibility index (Phi) is 6.05. The molecule has 0 radical (unpaired) electrons. The van der Waals surface area contributed by atoms with Crippen LogP contribution < -0.4 is 5.32 Å². The van der Waals surface area contributed by atoms with E-state index in [0.717, 1.165) is 0 Å². The first-order valence-corrected chi connectivity index (χ1v) is 11.3. The molecule has 170 valence electrons. The van der Waals surface area contributed by atoms with Crippen LogP contribution in [0.3, 0.4) is 0 Å². The Labute approximate surface area is 186 Å². The molecule has 1 saturated heterocycles. The molecular weight excluding hydrogens is 410 g/mol. The van der Waals surface area contributed by atoms with Crippen LogP contribution in [0.15, 0.2) is 36.9 Å². The molecule has 0 amide bonds. The molecule has 1 aliphatic heterocycles. The molecule has 3 heterocycles. The molecule has 5 rings (SSSR count). The van der Waals surface area contributed by atoms with E-state index in [1.54, 1.807) is 4.57 Å². The molecule has 4 atom stereocenters. The van der Waals surface area contributed by atoms with Gasteiger partial charge in [-0.2, -0.15) is 0 Å². The number of nitrogens with one attached hydrogen (secondary N) is 1. The molecule has 0 unspecified atom stereocenters. The van der Waals surface area contributed by atoms with Gasteiger partial charge < -0.3 is 25.4 Å². The zero-order chi connectivity index (χ0) is 22.1. The lowest BCUT2D eigenvalue weighted by Crippen LogP contribution is -2.33. The van der Waals surface area contributed by atoms with Gasteiger partial charge in [0.25, 0.3) is 0 Å². The lowest BCUT2D eigenvalue weighted by atomic mass is 9.82. The van der Waals surface area contributed by atoms with E-state index in [-0.39, 0.29) is 6.61 Å². The zero-order valence-corrected chi connectivity index (χ0v) is 17.8. The van der Waals surface area contributed by atoms with E-state index < -0.39 is 24.5 Å². The Morgan fingerprint density at radius 3 is 2.62 bits per heavy atom. The minimum atomic E-state index is -1.20. The van der Waals surface area contributed by atoms with Crippen LogP contribution in [-0.4, -0.2) is 59.8 Å². The summed E-state index contributed by atoms with van der Waals surface area (Å²) < 4.78 is 7.20. The van der Waals surface area contributed by atoms with Gasteiger partial charge in [-0.05, 0) is 29.9 Å². The lowest BCUT2D eigenvalue weighted by Gasteiger charge is -2.24. The number of hydrogen-bond acceptors (Lipinski definition) is 8. The average molecular weight is 440 g/mol. The Morgan fingerprint density at radius 2 is 1.84 bits per heavy atom. The van der Waals surface area contributed by atoms with Crippen molar-refractivity contribution in [2.45, 2.75) is 69.1 Å². The van der Waals surface area contributed by atoms with Gasteiger partial charge in [0.1, 0.15) is 24.6 Å². The van der Waals surface area contributed by atoms with Crippen LogP contribution in [0.25, 0.3) is 11.2 Å². The first kappa shape index (κ1) is 21.3. The van der Waals surface area contributed by atoms with Gasteiger partial charge in [0.05, 0.1) is 12.9 Å². The van der Waals surface area contributed by atoms with E-state index in [1.165, 1.54) is 55.9 Å². The first-order valence-electron chi connectivity index (χ1n) is 11.3. The Morgan fingerprint density at radius 1 is 1.03 bits per heavy atom. The second-order valence-corrected chi connectivity index (χ2v) is 8.66. The highest BCUT2D eigenvalue weighted by atomic mass is 16.6. The summed E-state index contributed by atoms with van der Waals surface area (Å²) in [4.78, 5) is 13.1. The highest BCUT2D eigenvalue weighted by molar-refractivity contribution is 5.82. The van der Waals surface area contributed by atoms with Crippen LogP contribution in [0, 0.1) is 0 Å². The van der Waals surface area contributed by atoms with Crippen molar-refractivity contribution in [1.82, 2.24) is 19.5 Å². The summed E-state index contributed by atoms with van der Waals surface area (Å²) in [5.74, 6) is 1.21. The number of fused-ring (bicyclic) bond motifs is 1. The number of imidazole rings is 1. The number of nitrogens with zero attached hydrogens (tertiary/aromatic N) is 4. The first-order chi connectivity index (χ1) is 15.7. The van der Waals surface area contributed by atoms with Crippen LogP contribution in [0.2, 0.25) is 0 Å². The minimum absolute atomic E-state index is 0.385. The summed E-state index contributed by atoms with van der Waals surface area (Å²) in [6.07, 6.45) is 5.22. The second kappa shape index (κ2) is 9.11. The van der Waals surface area contributed by atoms with Crippen LogP contribution in [-0.2, 0) is 11.3 Å². The summed E-state index contributed by atoms with van der Waals surface area (Å²) in [6, 6.07) is 8.57. The van der Waals surface area contributed by atoms with Gasteiger partial charge in [-0.1, -0.05) is 43.5 Å². The van der Waals surface area contributed by atoms with Gasteiger partial charge in [-0.25, -0.2) is 15.0 Å². The third-order valence-corrected chi connectivity index (χ3v) is 6.70. The monoisotopic (exact) mass is 439 g/mol. The zero-order valence-electron chi connectivity index (χ0n) is 17.8. The number of rotatable bonds is 6. The van der Waals surface area contributed by atoms with E-state index in [2.05, 4.69) is 44.5 Å². The minimum Gasteiger partial charge on any atom is -0.394 e. The summed E-state index contributed by atoms with van der Waals surface area (Å²) in [5.41, 5.74) is 3.70. The number of ether oxygens (including phenoxy) is 1. The number of benzene rings is 1. The average Bonchev–Trinajstić information content (AvgIpc) is 3.39. The maximum Gasteiger partial charge on any atom is 0.167 e. The molecule has 0 spiro atoms.